The van der Waals surface area contributed by atoms with Crippen molar-refractivity contribution < 1.29 is 14.3 Å². The van der Waals surface area contributed by atoms with Crippen molar-refractivity contribution in [2.75, 3.05) is 17.3 Å². The Balaban J connectivity index is 1.79. The number of halogens is 1. The summed E-state index contributed by atoms with van der Waals surface area (Å²) >= 11 is 6.01. The van der Waals surface area contributed by atoms with Gasteiger partial charge in [0.15, 0.2) is 0 Å². The number of methoxy groups -OCH3 is 1. The molecule has 5 nitrogen and oxygen atoms in total. The lowest BCUT2D eigenvalue weighted by Crippen LogP contribution is -2.32. The van der Waals surface area contributed by atoms with Crippen LogP contribution in [-0.2, 0) is 4.74 Å². The maximum absolute atomic E-state index is 13.1. The number of rotatable bonds is 4. The molecule has 3 aromatic rings. The van der Waals surface area contributed by atoms with E-state index < -0.39 is 12.1 Å². The third-order valence-corrected chi connectivity index (χ3v) is 4.94. The van der Waals surface area contributed by atoms with E-state index in [2.05, 4.69) is 5.32 Å². The zero-order chi connectivity index (χ0) is 19.7. The molecule has 6 heteroatoms. The highest BCUT2D eigenvalue weighted by molar-refractivity contribution is 6.30. The summed E-state index contributed by atoms with van der Waals surface area (Å²) in [6.45, 7) is 0. The van der Waals surface area contributed by atoms with Crippen LogP contribution < -0.4 is 10.2 Å². The van der Waals surface area contributed by atoms with Gasteiger partial charge < -0.3 is 10.1 Å². The van der Waals surface area contributed by atoms with Gasteiger partial charge in [-0.2, -0.15) is 0 Å². The second-order valence-electron chi connectivity index (χ2n) is 6.32. The molecule has 3 aromatic carbocycles. The minimum Gasteiger partial charge on any atom is -0.465 e. The van der Waals surface area contributed by atoms with Gasteiger partial charge in [-0.05, 0) is 42.5 Å². The molecule has 0 bridgehead atoms. The average Bonchev–Trinajstić information content (AvgIpc) is 3.00. The lowest BCUT2D eigenvalue weighted by molar-refractivity contribution is 0.0601. The Bertz CT molecular complexity index is 1050. The van der Waals surface area contributed by atoms with E-state index in [9.17, 15) is 9.59 Å². The molecule has 1 amide bonds. The zero-order valence-electron chi connectivity index (χ0n) is 15.1. The number of esters is 1. The van der Waals surface area contributed by atoms with Gasteiger partial charge in [-0.25, -0.2) is 4.79 Å². The molecule has 0 spiro atoms. The smallest absolute Gasteiger partial charge is 0.339 e. The van der Waals surface area contributed by atoms with E-state index in [-0.39, 0.29) is 5.91 Å². The van der Waals surface area contributed by atoms with E-state index in [4.69, 9.17) is 16.3 Å². The molecule has 0 unspecified atom stereocenters. The molecule has 1 atom stereocenters. The van der Waals surface area contributed by atoms with E-state index in [1.807, 2.05) is 24.3 Å². The van der Waals surface area contributed by atoms with Crippen LogP contribution in [0.4, 0.5) is 11.4 Å². The molecule has 0 saturated carbocycles. The monoisotopic (exact) mass is 392 g/mol. The lowest BCUT2D eigenvalue weighted by atomic mass is 10.1. The summed E-state index contributed by atoms with van der Waals surface area (Å²) < 4.78 is 4.88. The molecule has 0 saturated heterocycles. The SMILES string of the molecule is COC(=O)c1ccccc1N[C@@H]1c2ccccc2C(=O)N1c1ccc(Cl)cc1. The summed E-state index contributed by atoms with van der Waals surface area (Å²) in [5, 5.41) is 3.94. The van der Waals surface area contributed by atoms with Crippen molar-refractivity contribution >= 4 is 34.9 Å². The molecule has 140 valence electrons. The van der Waals surface area contributed by atoms with Crippen molar-refractivity contribution in [3.8, 4) is 0 Å². The summed E-state index contributed by atoms with van der Waals surface area (Å²) in [7, 11) is 1.34. The van der Waals surface area contributed by atoms with Crippen LogP contribution in [0.2, 0.25) is 5.02 Å². The van der Waals surface area contributed by atoms with Gasteiger partial charge in [0.2, 0.25) is 0 Å². The van der Waals surface area contributed by atoms with Crippen LogP contribution in [0.3, 0.4) is 0 Å². The van der Waals surface area contributed by atoms with Crippen LogP contribution >= 0.6 is 11.6 Å². The number of amides is 1. The predicted octanol–water partition coefficient (Wildman–Crippen LogP) is 4.90. The second-order valence-corrected chi connectivity index (χ2v) is 6.76. The Labute approximate surface area is 167 Å². The van der Waals surface area contributed by atoms with E-state index in [0.717, 1.165) is 5.56 Å². The summed E-state index contributed by atoms with van der Waals surface area (Å²) in [6, 6.07) is 21.6. The number of nitrogens with zero attached hydrogens (tertiary/aromatic N) is 1. The van der Waals surface area contributed by atoms with Gasteiger partial charge in [0, 0.05) is 21.8 Å². The Morgan fingerprint density at radius 1 is 1.00 bits per heavy atom. The van der Waals surface area contributed by atoms with E-state index >= 15 is 0 Å². The number of benzene rings is 3. The molecule has 28 heavy (non-hydrogen) atoms. The maximum atomic E-state index is 13.1. The largest absolute Gasteiger partial charge is 0.465 e. The number of carbonyl (C=O) groups is 2. The Morgan fingerprint density at radius 2 is 1.68 bits per heavy atom. The van der Waals surface area contributed by atoms with Crippen LogP contribution in [0.25, 0.3) is 0 Å². The summed E-state index contributed by atoms with van der Waals surface area (Å²) in [5.74, 6) is -0.565. The van der Waals surface area contributed by atoms with Crippen LogP contribution in [0.15, 0.2) is 72.8 Å². The van der Waals surface area contributed by atoms with E-state index in [1.54, 1.807) is 53.4 Å². The van der Waals surface area contributed by atoms with E-state index in [0.29, 0.717) is 27.5 Å². The summed E-state index contributed by atoms with van der Waals surface area (Å²) in [5.41, 5.74) is 3.15. The highest BCUT2D eigenvalue weighted by Crippen LogP contribution is 2.38. The fourth-order valence-electron chi connectivity index (χ4n) is 3.37. The summed E-state index contributed by atoms with van der Waals surface area (Å²) in [4.78, 5) is 26.9. The summed E-state index contributed by atoms with van der Waals surface area (Å²) in [6.07, 6.45) is -0.476. The van der Waals surface area contributed by atoms with Crippen LogP contribution in [0.5, 0.6) is 0 Å². The number of hydrogen-bond acceptors (Lipinski definition) is 4. The molecule has 1 aliphatic heterocycles. The van der Waals surface area contributed by atoms with Gasteiger partial charge in [-0.15, -0.1) is 0 Å². The average molecular weight is 393 g/mol. The van der Waals surface area contributed by atoms with Gasteiger partial charge in [0.25, 0.3) is 5.91 Å². The van der Waals surface area contributed by atoms with Crippen LogP contribution in [-0.4, -0.2) is 19.0 Å². The van der Waals surface area contributed by atoms with Gasteiger partial charge in [-0.1, -0.05) is 41.9 Å². The first-order chi connectivity index (χ1) is 13.6. The number of nitrogens with one attached hydrogen (secondary N) is 1. The number of hydrogen-bond donors (Lipinski definition) is 1. The number of carbonyl (C=O) groups excluding carboxylic acids is 2. The Kier molecular flexibility index (Phi) is 4.75. The first-order valence-electron chi connectivity index (χ1n) is 8.72. The fourth-order valence-corrected chi connectivity index (χ4v) is 3.50. The first kappa shape index (κ1) is 18.1. The van der Waals surface area contributed by atoms with Crippen molar-refractivity contribution in [1.29, 1.82) is 0 Å². The predicted molar refractivity (Wildman–Crippen MR) is 109 cm³/mol. The quantitative estimate of drug-likeness (QED) is 0.642. The molecule has 1 heterocycles. The van der Waals surface area contributed by atoms with Gasteiger partial charge in [0.05, 0.1) is 18.4 Å². The minimum absolute atomic E-state index is 0.119. The molecule has 0 radical (unpaired) electrons. The van der Waals surface area contributed by atoms with Gasteiger partial charge in [-0.3, -0.25) is 9.69 Å². The van der Waals surface area contributed by atoms with Gasteiger partial charge in [0.1, 0.15) is 6.17 Å². The number of fused-ring (bicyclic) bond motifs is 1. The van der Waals surface area contributed by atoms with Crippen molar-refractivity contribution in [2.45, 2.75) is 6.17 Å². The van der Waals surface area contributed by atoms with Crippen LogP contribution in [0, 0.1) is 0 Å². The molecule has 0 aliphatic carbocycles. The second kappa shape index (κ2) is 7.37. The van der Waals surface area contributed by atoms with E-state index in [1.165, 1.54) is 7.11 Å². The highest BCUT2D eigenvalue weighted by atomic mass is 35.5. The molecule has 1 aliphatic rings. The number of ether oxygens (including phenoxy) is 1. The molecule has 4 rings (SSSR count). The molecular formula is C22H17ClN2O3. The Morgan fingerprint density at radius 3 is 2.43 bits per heavy atom. The number of anilines is 2. The number of para-hydroxylation sites is 1. The standard InChI is InChI=1S/C22H17ClN2O3/c1-28-22(27)18-8-4-5-9-19(18)24-20-16-6-2-3-7-17(16)21(26)25(20)15-12-10-14(23)11-13-15/h2-13,20,24H,1H3/t20-/m0/s1. The maximum Gasteiger partial charge on any atom is 0.339 e. The third kappa shape index (κ3) is 3.10. The van der Waals surface area contributed by atoms with Crippen molar-refractivity contribution in [3.05, 3.63) is 94.5 Å². The normalized spacial score (nSPS) is 15.3. The molecule has 0 aromatic heterocycles. The van der Waals surface area contributed by atoms with Crippen molar-refractivity contribution in [3.63, 3.8) is 0 Å². The van der Waals surface area contributed by atoms with Crippen molar-refractivity contribution in [2.24, 2.45) is 0 Å². The lowest BCUT2D eigenvalue weighted by Gasteiger charge is -2.28. The Hall–Kier alpha value is -3.31. The molecular weight excluding hydrogens is 376 g/mol. The fraction of sp³-hybridized carbons (Fsp3) is 0.0909. The van der Waals surface area contributed by atoms with Crippen LogP contribution in [0.1, 0.15) is 32.4 Å². The van der Waals surface area contributed by atoms with Gasteiger partial charge >= 0.3 is 5.97 Å². The topological polar surface area (TPSA) is 58.6 Å². The minimum atomic E-state index is -0.476. The highest BCUT2D eigenvalue weighted by Gasteiger charge is 2.38. The van der Waals surface area contributed by atoms with Crippen molar-refractivity contribution in [1.82, 2.24) is 0 Å². The third-order valence-electron chi connectivity index (χ3n) is 4.69. The molecule has 0 fully saturated rings. The zero-order valence-corrected chi connectivity index (χ0v) is 15.8. The first-order valence-corrected chi connectivity index (χ1v) is 9.10. The molecule has 1 N–H and O–H groups in total.